The number of carbonyl (C=O) groups excluding carboxylic acids is 1. The van der Waals surface area contributed by atoms with Crippen LogP contribution in [-0.4, -0.2) is 41.1 Å². The van der Waals surface area contributed by atoms with Gasteiger partial charge in [0.1, 0.15) is 11.6 Å². The molecule has 2 atom stereocenters. The number of carbonyl (C=O) groups is 1. The molecule has 2 N–H and O–H groups in total. The molecule has 0 radical (unpaired) electrons. The standard InChI is InChI=1S/C12H16FN3O2/c1-7-5-16(6-8(2)18-7)12(17)10-3-9(13)4-15-11(10)14/h3-4,7-8H,5-6H2,1-2H3,(H2,14,15)/t7-,8+. The third kappa shape index (κ3) is 2.59. The summed E-state index contributed by atoms with van der Waals surface area (Å²) in [5.74, 6) is -0.823. The van der Waals surface area contributed by atoms with Gasteiger partial charge in [-0.15, -0.1) is 0 Å². The molecule has 0 saturated carbocycles. The molecule has 0 spiro atoms. The van der Waals surface area contributed by atoms with Crippen molar-refractivity contribution in [2.75, 3.05) is 18.8 Å². The summed E-state index contributed by atoms with van der Waals surface area (Å²) >= 11 is 0. The second-order valence-corrected chi connectivity index (χ2v) is 4.55. The summed E-state index contributed by atoms with van der Waals surface area (Å²) in [6, 6.07) is 1.12. The molecule has 0 aromatic carbocycles. The summed E-state index contributed by atoms with van der Waals surface area (Å²) in [5.41, 5.74) is 5.72. The summed E-state index contributed by atoms with van der Waals surface area (Å²) in [4.78, 5) is 17.5. The van der Waals surface area contributed by atoms with Crippen LogP contribution >= 0.6 is 0 Å². The Morgan fingerprint density at radius 1 is 1.50 bits per heavy atom. The van der Waals surface area contributed by atoms with E-state index in [9.17, 15) is 9.18 Å². The van der Waals surface area contributed by atoms with E-state index < -0.39 is 5.82 Å². The van der Waals surface area contributed by atoms with Crippen LogP contribution in [0, 0.1) is 5.82 Å². The average Bonchev–Trinajstić information content (AvgIpc) is 2.30. The van der Waals surface area contributed by atoms with Gasteiger partial charge in [-0.1, -0.05) is 0 Å². The number of hydrogen-bond donors (Lipinski definition) is 1. The van der Waals surface area contributed by atoms with Crippen LogP contribution in [0.4, 0.5) is 10.2 Å². The Balaban J connectivity index is 2.22. The number of anilines is 1. The number of nitrogen functional groups attached to an aromatic ring is 1. The van der Waals surface area contributed by atoms with E-state index in [1.807, 2.05) is 13.8 Å². The van der Waals surface area contributed by atoms with Gasteiger partial charge in [0.05, 0.1) is 24.0 Å². The minimum atomic E-state index is -0.568. The molecule has 1 aliphatic rings. The minimum absolute atomic E-state index is 0.0413. The highest BCUT2D eigenvalue weighted by molar-refractivity contribution is 5.98. The quantitative estimate of drug-likeness (QED) is 0.812. The normalized spacial score (nSPS) is 24.1. The van der Waals surface area contributed by atoms with E-state index in [4.69, 9.17) is 10.5 Å². The topological polar surface area (TPSA) is 68.5 Å². The number of amides is 1. The molecule has 1 amide bonds. The van der Waals surface area contributed by atoms with E-state index >= 15 is 0 Å². The predicted octanol–water partition coefficient (Wildman–Crippen LogP) is 1.05. The SMILES string of the molecule is C[C@@H]1CN(C(=O)c2cc(F)cnc2N)C[C@H](C)O1. The van der Waals surface area contributed by atoms with Crippen LogP contribution in [-0.2, 0) is 4.74 Å². The minimum Gasteiger partial charge on any atom is -0.383 e. The Kier molecular flexibility index (Phi) is 3.47. The number of morpholine rings is 1. The lowest BCUT2D eigenvalue weighted by Crippen LogP contribution is -2.48. The summed E-state index contributed by atoms with van der Waals surface area (Å²) < 4.78 is 18.7. The van der Waals surface area contributed by atoms with E-state index in [0.717, 1.165) is 12.3 Å². The van der Waals surface area contributed by atoms with Crippen molar-refractivity contribution < 1.29 is 13.9 Å². The average molecular weight is 253 g/mol. The Morgan fingerprint density at radius 2 is 2.11 bits per heavy atom. The fourth-order valence-electron chi connectivity index (χ4n) is 2.14. The second kappa shape index (κ2) is 4.89. The molecule has 6 heteroatoms. The molecular weight excluding hydrogens is 237 g/mol. The van der Waals surface area contributed by atoms with Gasteiger partial charge in [-0.05, 0) is 19.9 Å². The summed E-state index contributed by atoms with van der Waals surface area (Å²) in [6.45, 7) is 4.73. The van der Waals surface area contributed by atoms with E-state index in [1.54, 1.807) is 4.90 Å². The van der Waals surface area contributed by atoms with E-state index in [2.05, 4.69) is 4.98 Å². The molecule has 2 heterocycles. The summed E-state index contributed by atoms with van der Waals surface area (Å²) in [7, 11) is 0. The second-order valence-electron chi connectivity index (χ2n) is 4.55. The Morgan fingerprint density at radius 3 is 2.72 bits per heavy atom. The molecule has 98 valence electrons. The molecular formula is C12H16FN3O2. The summed E-state index contributed by atoms with van der Waals surface area (Å²) in [5, 5.41) is 0. The van der Waals surface area contributed by atoms with Crippen LogP contribution in [0.2, 0.25) is 0 Å². The first kappa shape index (κ1) is 12.8. The van der Waals surface area contributed by atoms with Crippen molar-refractivity contribution in [3.05, 3.63) is 23.6 Å². The van der Waals surface area contributed by atoms with Gasteiger partial charge in [-0.3, -0.25) is 4.79 Å². The van der Waals surface area contributed by atoms with Crippen molar-refractivity contribution in [1.82, 2.24) is 9.88 Å². The van der Waals surface area contributed by atoms with Crippen molar-refractivity contribution in [3.8, 4) is 0 Å². The highest BCUT2D eigenvalue weighted by Crippen LogP contribution is 2.17. The van der Waals surface area contributed by atoms with Crippen LogP contribution in [0.3, 0.4) is 0 Å². The van der Waals surface area contributed by atoms with Gasteiger partial charge in [0, 0.05) is 13.1 Å². The molecule has 0 aliphatic carbocycles. The first-order chi connectivity index (χ1) is 8.47. The Hall–Kier alpha value is -1.69. The molecule has 0 bridgehead atoms. The lowest BCUT2D eigenvalue weighted by molar-refractivity contribution is -0.0586. The fourth-order valence-corrected chi connectivity index (χ4v) is 2.14. The number of rotatable bonds is 1. The largest absolute Gasteiger partial charge is 0.383 e. The van der Waals surface area contributed by atoms with Crippen molar-refractivity contribution in [3.63, 3.8) is 0 Å². The lowest BCUT2D eigenvalue weighted by Gasteiger charge is -2.35. The zero-order valence-electron chi connectivity index (χ0n) is 10.4. The van der Waals surface area contributed by atoms with E-state index in [0.29, 0.717) is 13.1 Å². The van der Waals surface area contributed by atoms with Crippen LogP contribution in [0.15, 0.2) is 12.3 Å². The molecule has 0 unspecified atom stereocenters. The van der Waals surface area contributed by atoms with Crippen LogP contribution in [0.25, 0.3) is 0 Å². The predicted molar refractivity (Wildman–Crippen MR) is 64.5 cm³/mol. The Labute approximate surface area is 105 Å². The van der Waals surface area contributed by atoms with Crippen LogP contribution in [0.1, 0.15) is 24.2 Å². The van der Waals surface area contributed by atoms with E-state index in [1.165, 1.54) is 0 Å². The maximum absolute atomic E-state index is 13.1. The first-order valence-electron chi connectivity index (χ1n) is 5.83. The number of ether oxygens (including phenoxy) is 1. The molecule has 1 aromatic heterocycles. The third-order valence-electron chi connectivity index (χ3n) is 2.82. The zero-order valence-corrected chi connectivity index (χ0v) is 10.4. The number of hydrogen-bond acceptors (Lipinski definition) is 4. The third-order valence-corrected chi connectivity index (χ3v) is 2.82. The summed E-state index contributed by atoms with van der Waals surface area (Å²) in [6.07, 6.45) is 0.914. The highest BCUT2D eigenvalue weighted by atomic mass is 19.1. The van der Waals surface area contributed by atoms with Gasteiger partial charge < -0.3 is 15.4 Å². The molecule has 18 heavy (non-hydrogen) atoms. The van der Waals surface area contributed by atoms with Gasteiger partial charge in [0.2, 0.25) is 0 Å². The first-order valence-corrected chi connectivity index (χ1v) is 5.83. The number of halogens is 1. The van der Waals surface area contributed by atoms with Gasteiger partial charge in [-0.2, -0.15) is 0 Å². The molecule has 1 fully saturated rings. The lowest BCUT2D eigenvalue weighted by atomic mass is 10.1. The van der Waals surface area contributed by atoms with Crippen molar-refractivity contribution in [2.45, 2.75) is 26.1 Å². The molecule has 5 nitrogen and oxygen atoms in total. The maximum atomic E-state index is 13.1. The van der Waals surface area contributed by atoms with Crippen molar-refractivity contribution in [2.24, 2.45) is 0 Å². The highest BCUT2D eigenvalue weighted by Gasteiger charge is 2.28. The Bertz CT molecular complexity index is 457. The fraction of sp³-hybridized carbons (Fsp3) is 0.500. The smallest absolute Gasteiger partial charge is 0.257 e. The van der Waals surface area contributed by atoms with Gasteiger partial charge in [0.15, 0.2) is 0 Å². The maximum Gasteiger partial charge on any atom is 0.257 e. The molecule has 1 saturated heterocycles. The van der Waals surface area contributed by atoms with Crippen molar-refractivity contribution >= 4 is 11.7 Å². The zero-order chi connectivity index (χ0) is 13.3. The van der Waals surface area contributed by atoms with Crippen molar-refractivity contribution in [1.29, 1.82) is 0 Å². The van der Waals surface area contributed by atoms with Gasteiger partial charge >= 0.3 is 0 Å². The molecule has 1 aliphatic heterocycles. The number of pyridine rings is 1. The monoisotopic (exact) mass is 253 g/mol. The molecule has 2 rings (SSSR count). The van der Waals surface area contributed by atoms with Crippen LogP contribution in [0.5, 0.6) is 0 Å². The number of nitrogens with zero attached hydrogens (tertiary/aromatic N) is 2. The molecule has 1 aromatic rings. The van der Waals surface area contributed by atoms with E-state index in [-0.39, 0.29) is 29.5 Å². The van der Waals surface area contributed by atoms with Crippen LogP contribution < -0.4 is 5.73 Å². The van der Waals surface area contributed by atoms with Gasteiger partial charge in [-0.25, -0.2) is 9.37 Å². The number of aromatic nitrogens is 1. The van der Waals surface area contributed by atoms with Gasteiger partial charge in [0.25, 0.3) is 5.91 Å². The number of nitrogens with two attached hydrogens (primary N) is 1.